The monoisotopic (exact) mass is 359 g/mol. The molecule has 0 saturated carbocycles. The normalized spacial score (nSPS) is 10.9. The Morgan fingerprint density at radius 1 is 1.42 bits per heavy atom. The molecule has 0 atom stereocenters. The molecule has 0 spiro atoms. The number of benzene rings is 1. The number of hydrogen-bond acceptors (Lipinski definition) is 6. The van der Waals surface area contributed by atoms with Crippen molar-refractivity contribution in [1.82, 2.24) is 10.2 Å². The fourth-order valence-electron chi connectivity index (χ4n) is 2.31. The van der Waals surface area contributed by atoms with Crippen LogP contribution < -0.4 is 5.32 Å². The van der Waals surface area contributed by atoms with Crippen LogP contribution in [0.5, 0.6) is 0 Å². The predicted octanol–water partition coefficient (Wildman–Crippen LogP) is 4.36. The average molecular weight is 359 g/mol. The number of aryl methyl sites for hydroxylation is 2. The van der Waals surface area contributed by atoms with E-state index in [4.69, 9.17) is 4.42 Å². The second kappa shape index (κ2) is 7.19. The van der Waals surface area contributed by atoms with Crippen molar-refractivity contribution in [3.63, 3.8) is 0 Å². The minimum absolute atomic E-state index is 0.132. The summed E-state index contributed by atoms with van der Waals surface area (Å²) in [5.74, 6) is 0.634. The molecule has 0 aliphatic heterocycles. The van der Waals surface area contributed by atoms with E-state index in [-0.39, 0.29) is 12.3 Å². The molecule has 0 bridgehead atoms. The van der Waals surface area contributed by atoms with E-state index in [1.165, 1.54) is 28.7 Å². The minimum atomic E-state index is -0.132. The summed E-state index contributed by atoms with van der Waals surface area (Å²) in [6.07, 6.45) is 3.70. The maximum absolute atomic E-state index is 12.3. The molecule has 3 aromatic rings. The third-order valence-electron chi connectivity index (χ3n) is 3.67. The number of anilines is 1. The highest BCUT2D eigenvalue weighted by molar-refractivity contribution is 8.01. The fourth-order valence-corrected chi connectivity index (χ4v) is 3.84. The van der Waals surface area contributed by atoms with Gasteiger partial charge >= 0.3 is 0 Å². The minimum Gasteiger partial charge on any atom is -0.464 e. The first-order valence-electron chi connectivity index (χ1n) is 7.42. The molecule has 3 rings (SSSR count). The number of nitrogens with one attached hydrogen (secondary N) is 1. The quantitative estimate of drug-likeness (QED) is 0.402. The van der Waals surface area contributed by atoms with Crippen molar-refractivity contribution in [2.24, 2.45) is 0 Å². The molecule has 1 N–H and O–H groups in total. The molecular formula is C17H17N3O2S2. The van der Waals surface area contributed by atoms with Gasteiger partial charge in [-0.3, -0.25) is 4.79 Å². The van der Waals surface area contributed by atoms with Crippen molar-refractivity contribution in [2.75, 3.05) is 11.1 Å². The van der Waals surface area contributed by atoms with Crippen LogP contribution in [0, 0.1) is 13.8 Å². The lowest BCUT2D eigenvalue weighted by molar-refractivity contribution is -0.115. The largest absolute Gasteiger partial charge is 0.464 e. The Labute approximate surface area is 148 Å². The number of aromatic nitrogens is 2. The Morgan fingerprint density at radius 3 is 3.04 bits per heavy atom. The van der Waals surface area contributed by atoms with E-state index in [2.05, 4.69) is 22.1 Å². The Balaban J connectivity index is 1.70. The van der Waals surface area contributed by atoms with Gasteiger partial charge in [0.25, 0.3) is 0 Å². The number of thioether (sulfide) groups is 1. The topological polar surface area (TPSA) is 68.0 Å². The van der Waals surface area contributed by atoms with Gasteiger partial charge in [-0.05, 0) is 25.0 Å². The summed E-state index contributed by atoms with van der Waals surface area (Å²) in [6.45, 7) is 7.73. The highest BCUT2D eigenvalue weighted by Crippen LogP contribution is 2.28. The molecule has 124 valence electrons. The second-order valence-electron chi connectivity index (χ2n) is 5.34. The van der Waals surface area contributed by atoms with Crippen LogP contribution in [-0.4, -0.2) is 21.9 Å². The van der Waals surface area contributed by atoms with Crippen LogP contribution in [0.15, 0.2) is 39.8 Å². The number of amides is 1. The SMILES string of the molecule is C=CCSc1nnc(NC(=O)Cc2coc3c(C)c(C)ccc23)s1. The van der Waals surface area contributed by atoms with Crippen molar-refractivity contribution in [3.05, 3.63) is 47.7 Å². The lowest BCUT2D eigenvalue weighted by atomic mass is 10.0. The molecule has 2 aromatic heterocycles. The lowest BCUT2D eigenvalue weighted by Crippen LogP contribution is -2.14. The molecule has 0 radical (unpaired) electrons. The maximum Gasteiger partial charge on any atom is 0.230 e. The first-order chi connectivity index (χ1) is 11.6. The molecule has 1 amide bonds. The van der Waals surface area contributed by atoms with Crippen molar-refractivity contribution in [2.45, 2.75) is 24.6 Å². The number of carbonyl (C=O) groups excluding carboxylic acids is 1. The van der Waals surface area contributed by atoms with Crippen LogP contribution in [0.4, 0.5) is 5.13 Å². The summed E-state index contributed by atoms with van der Waals surface area (Å²) in [7, 11) is 0. The Morgan fingerprint density at radius 2 is 2.25 bits per heavy atom. The smallest absolute Gasteiger partial charge is 0.230 e. The van der Waals surface area contributed by atoms with E-state index in [1.54, 1.807) is 12.3 Å². The van der Waals surface area contributed by atoms with Gasteiger partial charge in [-0.1, -0.05) is 41.3 Å². The molecule has 0 saturated heterocycles. The number of furan rings is 1. The van der Waals surface area contributed by atoms with Crippen LogP contribution in [0.3, 0.4) is 0 Å². The van der Waals surface area contributed by atoms with Gasteiger partial charge in [-0.2, -0.15) is 0 Å². The standard InChI is InChI=1S/C17H17N3O2S2/c1-4-7-23-17-20-19-16(24-17)18-14(21)8-12-9-22-15-11(3)10(2)5-6-13(12)15/h4-6,9H,1,7-8H2,2-3H3,(H,18,19,21). The predicted molar refractivity (Wildman–Crippen MR) is 98.9 cm³/mol. The van der Waals surface area contributed by atoms with Crippen molar-refractivity contribution in [1.29, 1.82) is 0 Å². The number of carbonyl (C=O) groups is 1. The van der Waals surface area contributed by atoms with Crippen LogP contribution in [0.2, 0.25) is 0 Å². The molecule has 2 heterocycles. The van der Waals surface area contributed by atoms with E-state index >= 15 is 0 Å². The number of hydrogen-bond donors (Lipinski definition) is 1. The van der Waals surface area contributed by atoms with E-state index in [9.17, 15) is 4.79 Å². The van der Waals surface area contributed by atoms with Gasteiger partial charge in [0.15, 0.2) is 4.34 Å². The fraction of sp³-hybridized carbons (Fsp3) is 0.235. The highest BCUT2D eigenvalue weighted by Gasteiger charge is 2.14. The molecule has 1 aromatic carbocycles. The van der Waals surface area contributed by atoms with E-state index in [0.29, 0.717) is 5.13 Å². The van der Waals surface area contributed by atoms with Crippen molar-refractivity contribution in [3.8, 4) is 0 Å². The van der Waals surface area contributed by atoms with Gasteiger partial charge in [-0.25, -0.2) is 0 Å². The van der Waals surface area contributed by atoms with Crippen LogP contribution in [0.25, 0.3) is 11.0 Å². The summed E-state index contributed by atoms with van der Waals surface area (Å²) in [5.41, 5.74) is 3.99. The van der Waals surface area contributed by atoms with Gasteiger partial charge in [0.2, 0.25) is 11.0 Å². The summed E-state index contributed by atoms with van der Waals surface area (Å²) >= 11 is 2.90. The van der Waals surface area contributed by atoms with Gasteiger partial charge in [0.1, 0.15) is 5.58 Å². The maximum atomic E-state index is 12.3. The Bertz CT molecular complexity index is 899. The van der Waals surface area contributed by atoms with Crippen molar-refractivity contribution >= 4 is 45.1 Å². The van der Waals surface area contributed by atoms with Gasteiger partial charge in [-0.15, -0.1) is 16.8 Å². The second-order valence-corrected chi connectivity index (χ2v) is 7.59. The van der Waals surface area contributed by atoms with Crippen molar-refractivity contribution < 1.29 is 9.21 Å². The Hall–Kier alpha value is -2.12. The van der Waals surface area contributed by atoms with E-state index < -0.39 is 0 Å². The third-order valence-corrected chi connectivity index (χ3v) is 5.64. The van der Waals surface area contributed by atoms with Gasteiger partial charge < -0.3 is 9.73 Å². The first kappa shape index (κ1) is 16.7. The molecule has 0 aliphatic carbocycles. The third kappa shape index (κ3) is 3.52. The van der Waals surface area contributed by atoms with Gasteiger partial charge in [0.05, 0.1) is 12.7 Å². The molecule has 5 nitrogen and oxygen atoms in total. The first-order valence-corrected chi connectivity index (χ1v) is 9.22. The molecule has 24 heavy (non-hydrogen) atoms. The zero-order chi connectivity index (χ0) is 17.1. The molecule has 0 aliphatic rings. The zero-order valence-corrected chi connectivity index (χ0v) is 15.1. The number of fused-ring (bicyclic) bond motifs is 1. The molecule has 7 heteroatoms. The highest BCUT2D eigenvalue weighted by atomic mass is 32.2. The van der Waals surface area contributed by atoms with Crippen LogP contribution in [0.1, 0.15) is 16.7 Å². The number of rotatable bonds is 6. The summed E-state index contributed by atoms with van der Waals surface area (Å²) in [4.78, 5) is 12.3. The summed E-state index contributed by atoms with van der Waals surface area (Å²) < 4.78 is 6.45. The summed E-state index contributed by atoms with van der Waals surface area (Å²) in [6, 6.07) is 4.04. The summed E-state index contributed by atoms with van der Waals surface area (Å²) in [5, 5.41) is 12.3. The molecule has 0 fully saturated rings. The van der Waals surface area contributed by atoms with Crippen LogP contribution in [-0.2, 0) is 11.2 Å². The Kier molecular flexibility index (Phi) is 5.01. The molecular weight excluding hydrogens is 342 g/mol. The van der Waals surface area contributed by atoms with E-state index in [1.807, 2.05) is 26.0 Å². The zero-order valence-electron chi connectivity index (χ0n) is 13.5. The van der Waals surface area contributed by atoms with E-state index in [0.717, 1.165) is 32.2 Å². The molecule has 0 unspecified atom stereocenters. The lowest BCUT2D eigenvalue weighted by Gasteiger charge is -2.02. The van der Waals surface area contributed by atoms with Gasteiger partial charge in [0, 0.05) is 16.7 Å². The average Bonchev–Trinajstić information content (AvgIpc) is 3.16. The number of nitrogens with zero attached hydrogens (tertiary/aromatic N) is 2. The van der Waals surface area contributed by atoms with Crippen LogP contribution >= 0.6 is 23.1 Å².